The highest BCUT2D eigenvalue weighted by atomic mass is 32.1. The Morgan fingerprint density at radius 2 is 1.96 bits per heavy atom. The largest absolute Gasteiger partial charge is 0.347 e. The highest BCUT2D eigenvalue weighted by Crippen LogP contribution is 2.11. The number of H-pyrrole nitrogens is 1. The van der Waals surface area contributed by atoms with Crippen molar-refractivity contribution in [3.8, 4) is 0 Å². The van der Waals surface area contributed by atoms with E-state index in [1.807, 2.05) is 0 Å². The normalized spacial score (nSPS) is 11.3. The lowest BCUT2D eigenvalue weighted by Gasteiger charge is -2.24. The summed E-state index contributed by atoms with van der Waals surface area (Å²) in [6.45, 7) is 3.28. The lowest BCUT2D eigenvalue weighted by Crippen LogP contribution is -2.54. The fourth-order valence-corrected chi connectivity index (χ4v) is 3.03. The molecule has 8 heteroatoms. The van der Waals surface area contributed by atoms with Crippen LogP contribution in [0, 0.1) is 0 Å². The van der Waals surface area contributed by atoms with Gasteiger partial charge in [0.15, 0.2) is 0 Å². The van der Waals surface area contributed by atoms with Crippen LogP contribution in [0.5, 0.6) is 0 Å². The molecule has 26 heavy (non-hydrogen) atoms. The minimum atomic E-state index is -1.11. The highest BCUT2D eigenvalue weighted by molar-refractivity contribution is 7.12. The van der Waals surface area contributed by atoms with E-state index in [9.17, 15) is 14.4 Å². The van der Waals surface area contributed by atoms with E-state index in [2.05, 4.69) is 20.6 Å². The van der Waals surface area contributed by atoms with Crippen LogP contribution in [0.3, 0.4) is 0 Å². The third kappa shape index (κ3) is 3.80. The Bertz CT molecular complexity index is 1010. The monoisotopic (exact) mass is 370 g/mol. The van der Waals surface area contributed by atoms with Gasteiger partial charge in [0.25, 0.3) is 11.5 Å². The Kier molecular flexibility index (Phi) is 4.85. The van der Waals surface area contributed by atoms with Crippen molar-refractivity contribution in [1.82, 2.24) is 20.6 Å². The second-order valence-electron chi connectivity index (χ2n) is 6.27. The molecule has 0 saturated heterocycles. The van der Waals surface area contributed by atoms with Crippen LogP contribution in [0.1, 0.15) is 29.3 Å². The zero-order valence-corrected chi connectivity index (χ0v) is 15.1. The first-order valence-corrected chi connectivity index (χ1v) is 8.87. The predicted octanol–water partition coefficient (Wildman–Crippen LogP) is 1.81. The average molecular weight is 370 g/mol. The summed E-state index contributed by atoms with van der Waals surface area (Å²) in [5, 5.41) is 7.69. The van der Waals surface area contributed by atoms with Gasteiger partial charge in [-0.3, -0.25) is 14.4 Å². The second-order valence-corrected chi connectivity index (χ2v) is 7.22. The number of fused-ring (bicyclic) bond motifs is 1. The van der Waals surface area contributed by atoms with E-state index in [-0.39, 0.29) is 23.9 Å². The second kappa shape index (κ2) is 7.09. The first kappa shape index (κ1) is 17.8. The molecular weight excluding hydrogens is 352 g/mol. The molecule has 0 fully saturated rings. The van der Waals surface area contributed by atoms with Crippen molar-refractivity contribution < 1.29 is 9.59 Å². The van der Waals surface area contributed by atoms with Crippen molar-refractivity contribution >= 4 is 34.1 Å². The van der Waals surface area contributed by atoms with Crippen molar-refractivity contribution in [2.75, 3.05) is 0 Å². The van der Waals surface area contributed by atoms with Gasteiger partial charge >= 0.3 is 0 Å². The van der Waals surface area contributed by atoms with Crippen molar-refractivity contribution in [2.24, 2.45) is 0 Å². The first-order chi connectivity index (χ1) is 12.4. The molecule has 0 aliphatic rings. The molecule has 2 aromatic heterocycles. The predicted molar refractivity (Wildman–Crippen MR) is 100 cm³/mol. The van der Waals surface area contributed by atoms with Crippen LogP contribution in [0.2, 0.25) is 0 Å². The van der Waals surface area contributed by atoms with Gasteiger partial charge in [-0.2, -0.15) is 0 Å². The summed E-state index contributed by atoms with van der Waals surface area (Å²) in [7, 11) is 0. The van der Waals surface area contributed by atoms with E-state index in [1.165, 1.54) is 11.3 Å². The van der Waals surface area contributed by atoms with Gasteiger partial charge in [0.2, 0.25) is 5.91 Å². The van der Waals surface area contributed by atoms with Crippen LogP contribution >= 0.6 is 11.3 Å². The molecule has 0 unspecified atom stereocenters. The maximum atomic E-state index is 12.4. The van der Waals surface area contributed by atoms with Gasteiger partial charge in [-0.1, -0.05) is 18.2 Å². The van der Waals surface area contributed by atoms with E-state index < -0.39 is 5.54 Å². The molecule has 3 N–H and O–H groups in total. The lowest BCUT2D eigenvalue weighted by atomic mass is 10.0. The summed E-state index contributed by atoms with van der Waals surface area (Å²) in [4.78, 5) is 44.2. The van der Waals surface area contributed by atoms with E-state index in [0.29, 0.717) is 21.6 Å². The van der Waals surface area contributed by atoms with Gasteiger partial charge < -0.3 is 15.6 Å². The summed E-state index contributed by atoms with van der Waals surface area (Å²) in [5.41, 5.74) is -0.811. The fraction of sp³-hybridized carbons (Fsp3) is 0.222. The zero-order valence-electron chi connectivity index (χ0n) is 14.3. The number of benzene rings is 1. The smallest absolute Gasteiger partial charge is 0.262 e. The molecule has 7 nitrogen and oxygen atoms in total. The molecule has 0 atom stereocenters. The van der Waals surface area contributed by atoms with Gasteiger partial charge in [0.05, 0.1) is 22.3 Å². The number of thiophene rings is 1. The molecule has 2 amide bonds. The number of carbonyl (C=O) groups excluding carboxylic acids is 2. The van der Waals surface area contributed by atoms with E-state index >= 15 is 0 Å². The number of nitrogens with one attached hydrogen (secondary N) is 3. The molecule has 0 radical (unpaired) electrons. The number of nitrogens with zero attached hydrogens (tertiary/aromatic N) is 1. The van der Waals surface area contributed by atoms with Crippen LogP contribution in [0.15, 0.2) is 46.6 Å². The summed E-state index contributed by atoms with van der Waals surface area (Å²) >= 11 is 1.30. The Hall–Kier alpha value is -3.00. The molecule has 0 aliphatic heterocycles. The molecule has 3 rings (SSSR count). The summed E-state index contributed by atoms with van der Waals surface area (Å²) in [5.74, 6) is -0.335. The number of hydrogen-bond donors (Lipinski definition) is 3. The SMILES string of the molecule is CC(C)(NC(=O)c1cccs1)C(=O)NCc1nc2ccccc2c(=O)[nH]1. The third-order valence-corrected chi connectivity index (χ3v) is 4.69. The standard InChI is InChI=1S/C18H18N4O3S/c1-18(2,22-16(24)13-8-5-9-26-13)17(25)19-10-14-20-12-7-4-3-6-11(12)15(23)21-14/h3-9H,10H2,1-2H3,(H,19,25)(H,22,24)(H,20,21,23). The van der Waals surface area contributed by atoms with Crippen molar-refractivity contribution in [3.63, 3.8) is 0 Å². The molecule has 3 aromatic rings. The van der Waals surface area contributed by atoms with Crippen molar-refractivity contribution in [3.05, 3.63) is 62.8 Å². The Morgan fingerprint density at radius 1 is 1.19 bits per heavy atom. The Morgan fingerprint density at radius 3 is 2.69 bits per heavy atom. The van der Waals surface area contributed by atoms with Crippen LogP contribution in [0.4, 0.5) is 0 Å². The Labute approximate surface area is 153 Å². The quantitative estimate of drug-likeness (QED) is 0.637. The van der Waals surface area contributed by atoms with Gasteiger partial charge in [0.1, 0.15) is 11.4 Å². The van der Waals surface area contributed by atoms with Gasteiger partial charge in [-0.15, -0.1) is 11.3 Å². The molecule has 0 spiro atoms. The highest BCUT2D eigenvalue weighted by Gasteiger charge is 2.30. The van der Waals surface area contributed by atoms with Gasteiger partial charge in [0, 0.05) is 0 Å². The van der Waals surface area contributed by atoms with Gasteiger partial charge in [-0.05, 0) is 37.4 Å². The molecule has 1 aromatic carbocycles. The Balaban J connectivity index is 1.68. The summed E-state index contributed by atoms with van der Waals surface area (Å²) in [6, 6.07) is 10.4. The first-order valence-electron chi connectivity index (χ1n) is 7.99. The maximum absolute atomic E-state index is 12.4. The minimum Gasteiger partial charge on any atom is -0.347 e. The molecule has 0 saturated carbocycles. The van der Waals surface area contributed by atoms with Crippen LogP contribution in [-0.4, -0.2) is 27.3 Å². The minimum absolute atomic E-state index is 0.0528. The van der Waals surface area contributed by atoms with Gasteiger partial charge in [-0.25, -0.2) is 4.98 Å². The summed E-state index contributed by atoms with van der Waals surface area (Å²) in [6.07, 6.45) is 0. The number of aromatic amines is 1. The number of carbonyl (C=O) groups is 2. The van der Waals surface area contributed by atoms with Crippen molar-refractivity contribution in [1.29, 1.82) is 0 Å². The number of amides is 2. The van der Waals surface area contributed by atoms with Crippen LogP contribution < -0.4 is 16.2 Å². The van der Waals surface area contributed by atoms with E-state index in [1.54, 1.807) is 55.6 Å². The maximum Gasteiger partial charge on any atom is 0.262 e. The lowest BCUT2D eigenvalue weighted by molar-refractivity contribution is -0.126. The molecule has 134 valence electrons. The number of hydrogen-bond acceptors (Lipinski definition) is 5. The number of rotatable bonds is 5. The third-order valence-electron chi connectivity index (χ3n) is 3.82. The van der Waals surface area contributed by atoms with E-state index in [0.717, 1.165) is 0 Å². The topological polar surface area (TPSA) is 104 Å². The molecular formula is C18H18N4O3S. The molecule has 0 aliphatic carbocycles. The molecule has 2 heterocycles. The van der Waals surface area contributed by atoms with Crippen molar-refractivity contribution in [2.45, 2.75) is 25.9 Å². The number of aromatic nitrogens is 2. The van der Waals surface area contributed by atoms with Crippen LogP contribution in [0.25, 0.3) is 10.9 Å². The zero-order chi connectivity index (χ0) is 18.7. The fourth-order valence-electron chi connectivity index (χ4n) is 2.41. The number of para-hydroxylation sites is 1. The average Bonchev–Trinajstić information content (AvgIpc) is 3.14. The molecule has 0 bridgehead atoms. The van der Waals surface area contributed by atoms with E-state index in [4.69, 9.17) is 0 Å². The van der Waals surface area contributed by atoms with Crippen LogP contribution in [-0.2, 0) is 11.3 Å². The summed E-state index contributed by atoms with van der Waals surface area (Å²) < 4.78 is 0.